The fourth-order valence-corrected chi connectivity index (χ4v) is 4.54. The monoisotopic (exact) mass is 445 g/mol. The Morgan fingerprint density at radius 1 is 1.03 bits per heavy atom. The molecule has 2 amide bonds. The van der Waals surface area contributed by atoms with Crippen molar-refractivity contribution in [1.82, 2.24) is 9.88 Å². The SMILES string of the molecule is COc1cccc(OC)c1C(=O)N1CC[C@@](Cc2ccccc2-c2cccnc2)(C(N)=O)C1. The minimum absolute atomic E-state index is 0.226. The molecule has 0 spiro atoms. The predicted molar refractivity (Wildman–Crippen MR) is 125 cm³/mol. The summed E-state index contributed by atoms with van der Waals surface area (Å²) in [5, 5.41) is 0. The smallest absolute Gasteiger partial charge is 0.261 e. The zero-order valence-electron chi connectivity index (χ0n) is 18.8. The van der Waals surface area contributed by atoms with Crippen LogP contribution in [0.1, 0.15) is 22.3 Å². The molecule has 0 unspecified atom stereocenters. The summed E-state index contributed by atoms with van der Waals surface area (Å²) < 4.78 is 10.8. The molecule has 1 aliphatic rings. The molecular weight excluding hydrogens is 418 g/mol. The molecule has 2 heterocycles. The van der Waals surface area contributed by atoms with Gasteiger partial charge in [0.1, 0.15) is 17.1 Å². The number of carbonyl (C=O) groups excluding carboxylic acids is 2. The van der Waals surface area contributed by atoms with Crippen LogP contribution in [0.3, 0.4) is 0 Å². The molecule has 33 heavy (non-hydrogen) atoms. The van der Waals surface area contributed by atoms with E-state index >= 15 is 0 Å². The number of ether oxygens (including phenoxy) is 2. The molecule has 7 heteroatoms. The van der Waals surface area contributed by atoms with Crippen LogP contribution in [-0.2, 0) is 11.2 Å². The molecule has 7 nitrogen and oxygen atoms in total. The van der Waals surface area contributed by atoms with Crippen molar-refractivity contribution in [2.75, 3.05) is 27.3 Å². The lowest BCUT2D eigenvalue weighted by Gasteiger charge is -2.27. The third-order valence-electron chi connectivity index (χ3n) is 6.32. The number of pyridine rings is 1. The van der Waals surface area contributed by atoms with Crippen molar-refractivity contribution >= 4 is 11.8 Å². The Labute approximate surface area is 193 Å². The molecule has 1 fully saturated rings. The summed E-state index contributed by atoms with van der Waals surface area (Å²) in [5.74, 6) is 0.203. The quantitative estimate of drug-likeness (QED) is 0.602. The lowest BCUT2D eigenvalue weighted by Crippen LogP contribution is -2.42. The highest BCUT2D eigenvalue weighted by Gasteiger charge is 2.46. The molecule has 1 atom stereocenters. The van der Waals surface area contributed by atoms with Gasteiger partial charge in [-0.1, -0.05) is 36.4 Å². The molecule has 0 saturated carbocycles. The number of nitrogens with zero attached hydrogens (tertiary/aromatic N) is 2. The Kier molecular flexibility index (Phi) is 6.31. The van der Waals surface area contributed by atoms with Gasteiger partial charge in [-0.3, -0.25) is 14.6 Å². The lowest BCUT2D eigenvalue weighted by atomic mass is 9.78. The first-order valence-corrected chi connectivity index (χ1v) is 10.8. The molecule has 1 aliphatic heterocycles. The number of rotatable bonds is 7. The normalized spacial score (nSPS) is 17.6. The van der Waals surface area contributed by atoms with Gasteiger partial charge in [-0.25, -0.2) is 0 Å². The zero-order chi connectivity index (χ0) is 23.4. The maximum Gasteiger partial charge on any atom is 0.261 e. The molecule has 0 bridgehead atoms. The Bertz CT molecular complexity index is 1140. The van der Waals surface area contributed by atoms with Crippen LogP contribution in [0.4, 0.5) is 0 Å². The van der Waals surface area contributed by atoms with Crippen LogP contribution in [0, 0.1) is 5.41 Å². The third-order valence-corrected chi connectivity index (χ3v) is 6.32. The molecule has 1 aromatic heterocycles. The molecule has 2 N–H and O–H groups in total. The number of aromatic nitrogens is 1. The van der Waals surface area contributed by atoms with E-state index in [1.54, 1.807) is 35.5 Å². The average Bonchev–Trinajstić information content (AvgIpc) is 3.29. The van der Waals surface area contributed by atoms with Gasteiger partial charge < -0.3 is 20.1 Å². The highest BCUT2D eigenvalue weighted by atomic mass is 16.5. The van der Waals surface area contributed by atoms with E-state index in [-0.39, 0.29) is 12.5 Å². The van der Waals surface area contributed by atoms with Crippen LogP contribution < -0.4 is 15.2 Å². The number of amides is 2. The summed E-state index contributed by atoms with van der Waals surface area (Å²) in [4.78, 5) is 32.1. The molecule has 0 aliphatic carbocycles. The van der Waals surface area contributed by atoms with Gasteiger partial charge in [0.25, 0.3) is 5.91 Å². The van der Waals surface area contributed by atoms with Crippen molar-refractivity contribution in [3.8, 4) is 22.6 Å². The summed E-state index contributed by atoms with van der Waals surface area (Å²) in [7, 11) is 3.03. The van der Waals surface area contributed by atoms with Crippen LogP contribution in [0.25, 0.3) is 11.1 Å². The fourth-order valence-electron chi connectivity index (χ4n) is 4.54. The van der Waals surface area contributed by atoms with E-state index in [0.29, 0.717) is 36.4 Å². The van der Waals surface area contributed by atoms with Crippen LogP contribution in [0.2, 0.25) is 0 Å². The summed E-state index contributed by atoms with van der Waals surface area (Å²) in [6, 6.07) is 17.0. The standard InChI is InChI=1S/C26H27N3O4/c1-32-21-10-5-11-22(33-2)23(21)24(30)29-14-12-26(17-29,25(27)31)15-18-7-3-4-9-20(18)19-8-6-13-28-16-19/h3-11,13,16H,12,14-15,17H2,1-2H3,(H2,27,31)/t26-/m0/s1. The Morgan fingerprint density at radius 3 is 2.39 bits per heavy atom. The van der Waals surface area contributed by atoms with Crippen LogP contribution in [-0.4, -0.2) is 49.0 Å². The highest BCUT2D eigenvalue weighted by molar-refractivity contribution is 6.00. The van der Waals surface area contributed by atoms with Crippen molar-refractivity contribution in [3.05, 3.63) is 78.1 Å². The Morgan fingerprint density at radius 2 is 1.76 bits per heavy atom. The minimum Gasteiger partial charge on any atom is -0.496 e. The number of nitrogens with two attached hydrogens (primary N) is 1. The molecule has 2 aromatic carbocycles. The maximum atomic E-state index is 13.5. The second-order valence-electron chi connectivity index (χ2n) is 8.23. The maximum absolute atomic E-state index is 13.5. The third kappa shape index (κ3) is 4.26. The van der Waals surface area contributed by atoms with E-state index in [4.69, 9.17) is 15.2 Å². The highest BCUT2D eigenvalue weighted by Crippen LogP contribution is 2.39. The number of hydrogen-bond acceptors (Lipinski definition) is 5. The fraction of sp³-hybridized carbons (Fsp3) is 0.269. The summed E-state index contributed by atoms with van der Waals surface area (Å²) in [6.45, 7) is 0.641. The van der Waals surface area contributed by atoms with Crippen LogP contribution >= 0.6 is 0 Å². The van der Waals surface area contributed by atoms with E-state index < -0.39 is 11.3 Å². The Hall–Kier alpha value is -3.87. The van der Waals surface area contributed by atoms with E-state index in [1.807, 2.05) is 36.4 Å². The number of carbonyl (C=O) groups is 2. The van der Waals surface area contributed by atoms with Crippen molar-refractivity contribution in [2.45, 2.75) is 12.8 Å². The summed E-state index contributed by atoms with van der Waals surface area (Å²) in [5.41, 5.74) is 8.38. The van der Waals surface area contributed by atoms with Crippen LogP contribution in [0.15, 0.2) is 67.0 Å². The number of benzene rings is 2. The van der Waals surface area contributed by atoms with Gasteiger partial charge in [0, 0.05) is 31.0 Å². The van der Waals surface area contributed by atoms with Gasteiger partial charge in [0.2, 0.25) is 5.91 Å². The molecule has 3 aromatic rings. The van der Waals surface area contributed by atoms with Crippen LogP contribution in [0.5, 0.6) is 11.5 Å². The van der Waals surface area contributed by atoms with Crippen molar-refractivity contribution in [2.24, 2.45) is 11.1 Å². The van der Waals surface area contributed by atoms with Gasteiger partial charge in [0.15, 0.2) is 0 Å². The largest absolute Gasteiger partial charge is 0.496 e. The van der Waals surface area contributed by atoms with Gasteiger partial charge in [-0.15, -0.1) is 0 Å². The average molecular weight is 446 g/mol. The molecule has 0 radical (unpaired) electrons. The second-order valence-corrected chi connectivity index (χ2v) is 8.23. The van der Waals surface area contributed by atoms with E-state index in [1.165, 1.54) is 14.2 Å². The molecular formula is C26H27N3O4. The van der Waals surface area contributed by atoms with E-state index in [0.717, 1.165) is 16.7 Å². The molecule has 4 rings (SSSR count). The first-order valence-electron chi connectivity index (χ1n) is 10.8. The number of hydrogen-bond donors (Lipinski definition) is 1. The van der Waals surface area contributed by atoms with Crippen molar-refractivity contribution in [3.63, 3.8) is 0 Å². The summed E-state index contributed by atoms with van der Waals surface area (Å²) >= 11 is 0. The van der Waals surface area contributed by atoms with Crippen molar-refractivity contribution < 1.29 is 19.1 Å². The van der Waals surface area contributed by atoms with Gasteiger partial charge in [0.05, 0.1) is 19.6 Å². The second kappa shape index (κ2) is 9.32. The van der Waals surface area contributed by atoms with Crippen molar-refractivity contribution in [1.29, 1.82) is 0 Å². The minimum atomic E-state index is -0.872. The zero-order valence-corrected chi connectivity index (χ0v) is 18.8. The van der Waals surface area contributed by atoms with Gasteiger partial charge >= 0.3 is 0 Å². The first-order chi connectivity index (χ1) is 16.0. The topological polar surface area (TPSA) is 94.8 Å². The Balaban J connectivity index is 1.65. The number of primary amides is 1. The molecule has 1 saturated heterocycles. The van der Waals surface area contributed by atoms with Gasteiger partial charge in [-0.2, -0.15) is 0 Å². The van der Waals surface area contributed by atoms with Gasteiger partial charge in [-0.05, 0) is 42.2 Å². The van der Waals surface area contributed by atoms with E-state index in [2.05, 4.69) is 4.98 Å². The lowest BCUT2D eigenvalue weighted by molar-refractivity contribution is -0.126. The molecule has 170 valence electrons. The van der Waals surface area contributed by atoms with E-state index in [9.17, 15) is 9.59 Å². The summed E-state index contributed by atoms with van der Waals surface area (Å²) in [6.07, 6.45) is 4.44. The number of likely N-dealkylation sites (tertiary alicyclic amines) is 1. The first kappa shape index (κ1) is 22.3. The predicted octanol–water partition coefficient (Wildman–Crippen LogP) is 3.33. The number of methoxy groups -OCH3 is 2.